The van der Waals surface area contributed by atoms with E-state index in [2.05, 4.69) is 20.3 Å². The number of nitrogens with one attached hydrogen (secondary N) is 3. The van der Waals surface area contributed by atoms with Crippen molar-refractivity contribution in [2.75, 3.05) is 15.4 Å². The molecule has 0 radical (unpaired) electrons. The van der Waals surface area contributed by atoms with Gasteiger partial charge in [-0.1, -0.05) is 30.4 Å². The summed E-state index contributed by atoms with van der Waals surface area (Å²) < 4.78 is 26.9. The Kier molecular flexibility index (Phi) is 5.79. The molecule has 0 aliphatic rings. The van der Waals surface area contributed by atoms with Crippen molar-refractivity contribution in [2.24, 2.45) is 0 Å². The molecule has 0 unspecified atom stereocenters. The second kappa shape index (κ2) is 8.25. The number of hydrogen-bond acceptors (Lipinski definition) is 6. The molecular formula is C17H14N4O3S3. The Morgan fingerprint density at radius 1 is 0.963 bits per heavy atom. The summed E-state index contributed by atoms with van der Waals surface area (Å²) in [6.45, 7) is 0. The van der Waals surface area contributed by atoms with Gasteiger partial charge in [0.1, 0.15) is 0 Å². The van der Waals surface area contributed by atoms with Gasteiger partial charge in [0.05, 0.1) is 4.90 Å². The molecule has 3 rings (SSSR count). The second-order valence-corrected chi connectivity index (χ2v) is 8.23. The second-order valence-electron chi connectivity index (χ2n) is 5.24. The standard InChI is InChI=1S/C17H14N4O3S3/c22-15(16(25)20-12-4-2-1-3-5-12)19-13-6-8-14(9-7-13)27(23,24)21-17-18-10-11-26-17/h1-11H,(H,18,21)(H,19,22)(H,20,25). The Morgan fingerprint density at radius 3 is 2.26 bits per heavy atom. The van der Waals surface area contributed by atoms with Crippen LogP contribution in [0.3, 0.4) is 0 Å². The Morgan fingerprint density at radius 2 is 1.63 bits per heavy atom. The number of carbonyl (C=O) groups excluding carboxylic acids is 1. The molecule has 7 nitrogen and oxygen atoms in total. The summed E-state index contributed by atoms with van der Waals surface area (Å²) in [6, 6.07) is 14.8. The fourth-order valence-electron chi connectivity index (χ4n) is 2.06. The number of para-hydroxylation sites is 1. The quantitative estimate of drug-likeness (QED) is 0.550. The smallest absolute Gasteiger partial charge is 0.283 e. The highest BCUT2D eigenvalue weighted by Gasteiger charge is 2.16. The summed E-state index contributed by atoms with van der Waals surface area (Å²) >= 11 is 6.25. The number of rotatable bonds is 5. The number of thiazole rings is 1. The first kappa shape index (κ1) is 19.0. The summed E-state index contributed by atoms with van der Waals surface area (Å²) in [5.74, 6) is -0.495. The predicted octanol–water partition coefficient (Wildman–Crippen LogP) is 3.32. The number of sulfonamides is 1. The van der Waals surface area contributed by atoms with Crippen molar-refractivity contribution in [2.45, 2.75) is 4.90 Å². The summed E-state index contributed by atoms with van der Waals surface area (Å²) in [5.41, 5.74) is 1.12. The molecule has 2 aromatic carbocycles. The predicted molar refractivity (Wildman–Crippen MR) is 111 cm³/mol. The van der Waals surface area contributed by atoms with Gasteiger partial charge in [0.25, 0.3) is 15.9 Å². The van der Waals surface area contributed by atoms with Crippen LogP contribution in [-0.2, 0) is 14.8 Å². The molecule has 1 aromatic heterocycles. The first-order chi connectivity index (χ1) is 12.9. The summed E-state index contributed by atoms with van der Waals surface area (Å²) in [5, 5.41) is 7.40. The van der Waals surface area contributed by atoms with Gasteiger partial charge in [-0.2, -0.15) is 0 Å². The number of carbonyl (C=O) groups is 1. The average Bonchev–Trinajstić information content (AvgIpc) is 3.15. The number of hydrogen-bond donors (Lipinski definition) is 3. The van der Waals surface area contributed by atoms with Gasteiger partial charge in [0.15, 0.2) is 10.1 Å². The first-order valence-electron chi connectivity index (χ1n) is 7.64. The number of nitrogens with zero attached hydrogens (tertiary/aromatic N) is 1. The molecule has 0 bridgehead atoms. The zero-order chi connectivity index (χ0) is 19.3. The number of thiocarbonyl (C=S) groups is 1. The summed E-state index contributed by atoms with van der Waals surface area (Å²) in [7, 11) is -3.74. The van der Waals surface area contributed by atoms with Gasteiger partial charge < -0.3 is 10.6 Å². The molecule has 0 saturated heterocycles. The van der Waals surface area contributed by atoms with Crippen LogP contribution in [0.2, 0.25) is 0 Å². The van der Waals surface area contributed by atoms with Crippen molar-refractivity contribution >= 4 is 61.0 Å². The van der Waals surface area contributed by atoms with Crippen LogP contribution in [0.1, 0.15) is 0 Å². The molecular weight excluding hydrogens is 404 g/mol. The van der Waals surface area contributed by atoms with Gasteiger partial charge in [0, 0.05) is 23.0 Å². The van der Waals surface area contributed by atoms with Crippen LogP contribution in [0, 0.1) is 0 Å². The molecule has 3 aromatic rings. The van der Waals surface area contributed by atoms with Gasteiger partial charge in [-0.3, -0.25) is 9.52 Å². The molecule has 27 heavy (non-hydrogen) atoms. The minimum absolute atomic E-state index is 0.00309. The third-order valence-electron chi connectivity index (χ3n) is 3.31. The van der Waals surface area contributed by atoms with E-state index in [1.165, 1.54) is 41.8 Å². The van der Waals surface area contributed by atoms with Gasteiger partial charge in [0.2, 0.25) is 0 Å². The lowest BCUT2D eigenvalue weighted by Gasteiger charge is -2.10. The van der Waals surface area contributed by atoms with Crippen LogP contribution >= 0.6 is 23.6 Å². The number of aromatic nitrogens is 1. The van der Waals surface area contributed by atoms with E-state index in [0.717, 1.165) is 0 Å². The average molecular weight is 419 g/mol. The molecule has 10 heteroatoms. The topological polar surface area (TPSA) is 100 Å². The monoisotopic (exact) mass is 418 g/mol. The van der Waals surface area contributed by atoms with E-state index in [1.807, 2.05) is 18.2 Å². The lowest BCUT2D eigenvalue weighted by molar-refractivity contribution is -0.110. The molecule has 138 valence electrons. The Hall–Kier alpha value is -2.82. The van der Waals surface area contributed by atoms with Crippen LogP contribution in [0.4, 0.5) is 16.5 Å². The molecule has 0 fully saturated rings. The van der Waals surface area contributed by atoms with E-state index >= 15 is 0 Å². The van der Waals surface area contributed by atoms with Gasteiger partial charge in [-0.05, 0) is 36.4 Å². The van der Waals surface area contributed by atoms with E-state index in [1.54, 1.807) is 17.5 Å². The van der Waals surface area contributed by atoms with Crippen molar-refractivity contribution in [3.63, 3.8) is 0 Å². The minimum atomic E-state index is -3.74. The van der Waals surface area contributed by atoms with Crippen LogP contribution < -0.4 is 15.4 Å². The molecule has 3 N–H and O–H groups in total. The zero-order valence-corrected chi connectivity index (χ0v) is 16.2. The van der Waals surface area contributed by atoms with Gasteiger partial charge in [-0.15, -0.1) is 11.3 Å². The van der Waals surface area contributed by atoms with Crippen molar-refractivity contribution in [3.05, 3.63) is 66.2 Å². The van der Waals surface area contributed by atoms with E-state index < -0.39 is 15.9 Å². The Bertz CT molecular complexity index is 1030. The maximum absolute atomic E-state index is 12.3. The van der Waals surface area contributed by atoms with Crippen molar-refractivity contribution in [1.82, 2.24) is 4.98 Å². The largest absolute Gasteiger partial charge is 0.342 e. The molecule has 0 aliphatic heterocycles. The third kappa shape index (κ3) is 5.09. The molecule has 1 heterocycles. The number of anilines is 3. The molecule has 0 spiro atoms. The summed E-state index contributed by atoms with van der Waals surface area (Å²) in [6.07, 6.45) is 1.51. The van der Waals surface area contributed by atoms with E-state index in [4.69, 9.17) is 12.2 Å². The highest BCUT2D eigenvalue weighted by atomic mass is 32.2. The molecule has 1 amide bonds. The maximum atomic E-state index is 12.3. The normalized spacial score (nSPS) is 10.8. The lowest BCUT2D eigenvalue weighted by atomic mass is 10.3. The van der Waals surface area contributed by atoms with Crippen LogP contribution in [0.25, 0.3) is 0 Å². The van der Waals surface area contributed by atoms with Crippen molar-refractivity contribution < 1.29 is 13.2 Å². The van der Waals surface area contributed by atoms with Gasteiger partial charge >= 0.3 is 0 Å². The zero-order valence-electron chi connectivity index (χ0n) is 13.7. The lowest BCUT2D eigenvalue weighted by Crippen LogP contribution is -2.27. The number of amides is 1. The highest BCUT2D eigenvalue weighted by Crippen LogP contribution is 2.19. The molecule has 0 atom stereocenters. The first-order valence-corrected chi connectivity index (χ1v) is 10.4. The fourth-order valence-corrected chi connectivity index (χ4v) is 4.02. The Balaban J connectivity index is 1.63. The van der Waals surface area contributed by atoms with Crippen LogP contribution in [0.15, 0.2) is 71.1 Å². The molecule has 0 saturated carbocycles. The molecule has 0 aliphatic carbocycles. The van der Waals surface area contributed by atoms with Crippen LogP contribution in [-0.4, -0.2) is 24.3 Å². The third-order valence-corrected chi connectivity index (χ3v) is 5.77. The van der Waals surface area contributed by atoms with E-state index in [-0.39, 0.29) is 15.0 Å². The SMILES string of the molecule is O=C(Nc1ccc(S(=O)(=O)Nc2nccs2)cc1)C(=S)Nc1ccccc1. The van der Waals surface area contributed by atoms with Gasteiger partial charge in [-0.25, -0.2) is 13.4 Å². The Labute approximate surface area is 165 Å². The van der Waals surface area contributed by atoms with Crippen LogP contribution in [0.5, 0.6) is 0 Å². The maximum Gasteiger partial charge on any atom is 0.283 e. The van der Waals surface area contributed by atoms with E-state index in [9.17, 15) is 13.2 Å². The fraction of sp³-hybridized carbons (Fsp3) is 0. The van der Waals surface area contributed by atoms with Crippen molar-refractivity contribution in [3.8, 4) is 0 Å². The highest BCUT2D eigenvalue weighted by molar-refractivity contribution is 7.93. The minimum Gasteiger partial charge on any atom is -0.342 e. The van der Waals surface area contributed by atoms with E-state index in [0.29, 0.717) is 11.4 Å². The van der Waals surface area contributed by atoms with Crippen molar-refractivity contribution in [1.29, 1.82) is 0 Å². The summed E-state index contributed by atoms with van der Waals surface area (Å²) in [4.78, 5) is 16.1. The number of benzene rings is 2.